The molecule has 1 atom stereocenters. The molecule has 1 fully saturated rings. The summed E-state index contributed by atoms with van der Waals surface area (Å²) in [6.07, 6.45) is 3.20. The van der Waals surface area contributed by atoms with Crippen LogP contribution in [0.2, 0.25) is 5.15 Å². The molecule has 4 rings (SSSR count). The Morgan fingerprint density at radius 2 is 2.13 bits per heavy atom. The molecule has 4 heterocycles. The number of aliphatic hydroxyl groups is 1. The number of anilines is 1. The molecule has 166 valence electrons. The Morgan fingerprint density at radius 1 is 1.42 bits per heavy atom. The van der Waals surface area contributed by atoms with Crippen LogP contribution in [0.5, 0.6) is 0 Å². The van der Waals surface area contributed by atoms with Crippen LogP contribution in [0.25, 0.3) is 11.0 Å². The Labute approximate surface area is 187 Å². The van der Waals surface area contributed by atoms with Crippen LogP contribution in [-0.2, 0) is 16.0 Å². The van der Waals surface area contributed by atoms with Gasteiger partial charge in [0.15, 0.2) is 24.3 Å². The van der Waals surface area contributed by atoms with E-state index >= 15 is 0 Å². The lowest BCUT2D eigenvalue weighted by Crippen LogP contribution is -2.37. The second-order valence-corrected chi connectivity index (χ2v) is 7.42. The second kappa shape index (κ2) is 9.84. The van der Waals surface area contributed by atoms with Crippen molar-refractivity contribution in [1.29, 1.82) is 0 Å². The van der Waals surface area contributed by atoms with E-state index < -0.39 is 5.69 Å². The van der Waals surface area contributed by atoms with E-state index in [0.717, 1.165) is 12.8 Å². The van der Waals surface area contributed by atoms with E-state index in [4.69, 9.17) is 39.6 Å². The standard InChI is InChI=1S/C17H21BClN7O3.C2H6/c1-9(22-10-2-6-28-7-3-10)12-14(20)29-17(18,27)4-5-26-15-11(13(19)25-26)8-21-16(23-12)24-15;1-2/h8,10,27H,2-7,20H2,1H3,(H,21,23,24);1-2H3/b14-12-,22-9?;. The highest BCUT2D eigenvalue weighted by molar-refractivity contribution is 6.34. The lowest BCUT2D eigenvalue weighted by Gasteiger charge is -2.27. The van der Waals surface area contributed by atoms with Gasteiger partial charge in [0.05, 0.1) is 17.1 Å². The third-order valence-corrected chi connectivity index (χ3v) is 5.10. The van der Waals surface area contributed by atoms with E-state index in [-0.39, 0.29) is 36.0 Å². The molecular weight excluding hydrogens is 421 g/mol. The smallest absolute Gasteiger partial charge is 0.229 e. The predicted molar refractivity (Wildman–Crippen MR) is 120 cm³/mol. The van der Waals surface area contributed by atoms with Crippen LogP contribution in [0.3, 0.4) is 0 Å². The van der Waals surface area contributed by atoms with Crippen LogP contribution < -0.4 is 11.1 Å². The van der Waals surface area contributed by atoms with Crippen molar-refractivity contribution < 1.29 is 14.6 Å². The number of halogens is 1. The number of ether oxygens (including phenoxy) is 2. The molecule has 4 N–H and O–H groups in total. The molecule has 2 aromatic heterocycles. The van der Waals surface area contributed by atoms with Crippen LogP contribution in [0.1, 0.15) is 40.0 Å². The maximum Gasteiger partial charge on any atom is 0.229 e. The van der Waals surface area contributed by atoms with Crippen LogP contribution in [0.4, 0.5) is 5.95 Å². The summed E-state index contributed by atoms with van der Waals surface area (Å²) in [5.74, 6) is 0.158. The van der Waals surface area contributed by atoms with Crippen molar-refractivity contribution >= 4 is 42.1 Å². The highest BCUT2D eigenvalue weighted by Gasteiger charge is 2.27. The monoisotopic (exact) mass is 447 g/mol. The molecule has 2 aromatic rings. The van der Waals surface area contributed by atoms with E-state index in [9.17, 15) is 5.11 Å². The first-order valence-electron chi connectivity index (χ1n) is 10.3. The lowest BCUT2D eigenvalue weighted by molar-refractivity contribution is -0.115. The summed E-state index contributed by atoms with van der Waals surface area (Å²) in [5, 5.41) is 18.6. The van der Waals surface area contributed by atoms with Gasteiger partial charge in [-0.3, -0.25) is 4.99 Å². The highest BCUT2D eigenvalue weighted by Crippen LogP contribution is 2.25. The van der Waals surface area contributed by atoms with Crippen molar-refractivity contribution in [1.82, 2.24) is 19.7 Å². The zero-order valence-corrected chi connectivity index (χ0v) is 18.7. The Hall–Kier alpha value is -2.37. The SMILES string of the molecule is CC.[B]C1(O)CCn2nc(Cl)c3cnc(nc32)N/C(C(C)=NC2CCOCC2)=C(/N)O1. The zero-order chi connectivity index (χ0) is 22.6. The number of rotatable bonds is 2. The molecule has 2 aliphatic rings. The number of aryl methyl sites for hydroxylation is 1. The number of hydrogen-bond acceptors (Lipinski definition) is 9. The number of hydrogen-bond donors (Lipinski definition) is 3. The highest BCUT2D eigenvalue weighted by atomic mass is 35.5. The average molecular weight is 448 g/mol. The molecule has 0 spiro atoms. The molecule has 10 nitrogen and oxygen atoms in total. The Bertz CT molecular complexity index is 986. The summed E-state index contributed by atoms with van der Waals surface area (Å²) in [6, 6.07) is 0.101. The van der Waals surface area contributed by atoms with Gasteiger partial charge in [-0.2, -0.15) is 10.1 Å². The fourth-order valence-electron chi connectivity index (χ4n) is 3.29. The van der Waals surface area contributed by atoms with Crippen molar-refractivity contribution in [2.45, 2.75) is 58.3 Å². The number of nitrogens with zero attached hydrogens (tertiary/aromatic N) is 5. The number of nitrogens with one attached hydrogen (secondary N) is 1. The van der Waals surface area contributed by atoms with E-state index in [2.05, 4.69) is 20.4 Å². The first-order valence-corrected chi connectivity index (χ1v) is 10.7. The van der Waals surface area contributed by atoms with Gasteiger partial charge in [-0.05, 0) is 19.8 Å². The van der Waals surface area contributed by atoms with Gasteiger partial charge in [-0.1, -0.05) is 25.4 Å². The third kappa shape index (κ3) is 5.47. The summed E-state index contributed by atoms with van der Waals surface area (Å²) in [6.45, 7) is 7.33. The van der Waals surface area contributed by atoms with Gasteiger partial charge in [-0.15, -0.1) is 0 Å². The zero-order valence-electron chi connectivity index (χ0n) is 17.9. The molecule has 1 unspecified atom stereocenters. The Morgan fingerprint density at radius 3 is 2.84 bits per heavy atom. The summed E-state index contributed by atoms with van der Waals surface area (Å²) < 4.78 is 12.4. The Kier molecular flexibility index (Phi) is 7.40. The molecule has 2 radical (unpaired) electrons. The minimum atomic E-state index is -2.02. The van der Waals surface area contributed by atoms with E-state index in [1.54, 1.807) is 13.1 Å². The summed E-state index contributed by atoms with van der Waals surface area (Å²) in [5.41, 5.74) is 5.53. The maximum absolute atomic E-state index is 10.5. The van der Waals surface area contributed by atoms with Gasteiger partial charge in [0.2, 0.25) is 11.8 Å². The number of aromatic nitrogens is 4. The normalized spacial score (nSPS) is 25.3. The van der Waals surface area contributed by atoms with Gasteiger partial charge in [-0.25, -0.2) is 9.67 Å². The Balaban J connectivity index is 0.00000132. The van der Waals surface area contributed by atoms with E-state index in [1.807, 2.05) is 13.8 Å². The van der Waals surface area contributed by atoms with Crippen LogP contribution in [-0.4, -0.2) is 63.4 Å². The minimum Gasteiger partial charge on any atom is -0.455 e. The topological polar surface area (TPSA) is 133 Å². The first kappa shape index (κ1) is 23.3. The molecule has 0 aromatic carbocycles. The number of aliphatic imine (C=N–C) groups is 1. The quantitative estimate of drug-likeness (QED) is 0.470. The summed E-state index contributed by atoms with van der Waals surface area (Å²) in [4.78, 5) is 13.5. The third-order valence-electron chi connectivity index (χ3n) is 4.82. The minimum absolute atomic E-state index is 0.00355. The largest absolute Gasteiger partial charge is 0.455 e. The van der Waals surface area contributed by atoms with Crippen molar-refractivity contribution in [3.05, 3.63) is 22.9 Å². The molecule has 0 aliphatic carbocycles. The molecule has 31 heavy (non-hydrogen) atoms. The van der Waals surface area contributed by atoms with Gasteiger partial charge < -0.3 is 25.6 Å². The van der Waals surface area contributed by atoms with Gasteiger partial charge in [0.1, 0.15) is 5.70 Å². The van der Waals surface area contributed by atoms with Crippen molar-refractivity contribution in [3.8, 4) is 0 Å². The number of allylic oxidation sites excluding steroid dienone is 1. The fourth-order valence-corrected chi connectivity index (χ4v) is 3.52. The molecular formula is C19H27BClN7O3. The van der Waals surface area contributed by atoms with Crippen molar-refractivity contribution in [2.75, 3.05) is 18.5 Å². The maximum atomic E-state index is 10.5. The molecule has 0 amide bonds. The summed E-state index contributed by atoms with van der Waals surface area (Å²) in [7, 11) is 5.90. The molecule has 1 saturated heterocycles. The van der Waals surface area contributed by atoms with Crippen LogP contribution >= 0.6 is 11.6 Å². The average Bonchev–Trinajstić information content (AvgIpc) is 3.06. The van der Waals surface area contributed by atoms with Crippen molar-refractivity contribution in [3.63, 3.8) is 0 Å². The van der Waals surface area contributed by atoms with Gasteiger partial charge in [0.25, 0.3) is 0 Å². The molecule has 0 saturated carbocycles. The van der Waals surface area contributed by atoms with Gasteiger partial charge in [0, 0.05) is 32.4 Å². The second-order valence-electron chi connectivity index (χ2n) is 7.06. The van der Waals surface area contributed by atoms with E-state index in [0.29, 0.717) is 35.7 Å². The molecule has 2 aliphatic heterocycles. The van der Waals surface area contributed by atoms with Gasteiger partial charge >= 0.3 is 0 Å². The number of fused-ring (bicyclic) bond motifs is 1. The lowest BCUT2D eigenvalue weighted by atomic mass is 9.91. The first-order chi connectivity index (χ1) is 14.8. The van der Waals surface area contributed by atoms with E-state index in [1.165, 1.54) is 4.68 Å². The molecule has 12 heteroatoms. The number of nitrogens with two attached hydrogens (primary N) is 1. The molecule has 2 bridgehead atoms. The van der Waals surface area contributed by atoms with Crippen molar-refractivity contribution in [2.24, 2.45) is 10.7 Å². The fraction of sp³-hybridized carbons (Fsp3) is 0.579. The summed E-state index contributed by atoms with van der Waals surface area (Å²) >= 11 is 6.17. The van der Waals surface area contributed by atoms with Crippen LogP contribution in [0.15, 0.2) is 22.8 Å². The predicted octanol–water partition coefficient (Wildman–Crippen LogP) is 1.92. The van der Waals surface area contributed by atoms with Crippen LogP contribution in [0, 0.1) is 0 Å².